The van der Waals surface area contributed by atoms with E-state index in [1.54, 1.807) is 0 Å². The van der Waals surface area contributed by atoms with Crippen LogP contribution >= 0.6 is 11.3 Å². The minimum Gasteiger partial charge on any atom is -0.346 e. The summed E-state index contributed by atoms with van der Waals surface area (Å²) in [6, 6.07) is 0. The maximum atomic E-state index is 11.5. The predicted octanol–water partition coefficient (Wildman–Crippen LogP) is -0.355. The van der Waals surface area contributed by atoms with Crippen LogP contribution in [0.3, 0.4) is 0 Å². The van der Waals surface area contributed by atoms with Gasteiger partial charge in [0.2, 0.25) is 11.8 Å². The first-order chi connectivity index (χ1) is 8.19. The second kappa shape index (κ2) is 5.24. The van der Waals surface area contributed by atoms with Gasteiger partial charge < -0.3 is 16.4 Å². The molecule has 2 amide bonds. The number of carbonyl (C=O) groups excluding carboxylic acids is 2. The van der Waals surface area contributed by atoms with Crippen molar-refractivity contribution in [3.8, 4) is 0 Å². The van der Waals surface area contributed by atoms with Crippen LogP contribution in [0.2, 0.25) is 0 Å². The van der Waals surface area contributed by atoms with Crippen LogP contribution in [0, 0.1) is 0 Å². The third-order valence-corrected chi connectivity index (χ3v) is 3.55. The Balaban J connectivity index is 1.83. The van der Waals surface area contributed by atoms with Crippen LogP contribution < -0.4 is 16.4 Å². The van der Waals surface area contributed by atoms with Crippen molar-refractivity contribution in [3.05, 3.63) is 10.6 Å². The molecule has 17 heavy (non-hydrogen) atoms. The molecule has 1 aliphatic rings. The number of amides is 2. The molecule has 0 saturated carbocycles. The molecule has 1 heterocycles. The van der Waals surface area contributed by atoms with Crippen molar-refractivity contribution in [2.24, 2.45) is 5.73 Å². The Morgan fingerprint density at radius 1 is 1.35 bits per heavy atom. The van der Waals surface area contributed by atoms with E-state index in [1.807, 2.05) is 0 Å². The molecule has 0 unspecified atom stereocenters. The van der Waals surface area contributed by atoms with Crippen LogP contribution in [-0.4, -0.2) is 29.9 Å². The number of nitrogens with two attached hydrogens (primary N) is 1. The molecule has 2 rings (SSSR count). The van der Waals surface area contributed by atoms with E-state index in [0.29, 0.717) is 5.13 Å². The summed E-state index contributed by atoms with van der Waals surface area (Å²) in [6.45, 7) is -0.181. The smallest absolute Gasteiger partial charge is 0.245 e. The average Bonchev–Trinajstić information content (AvgIpc) is 2.86. The van der Waals surface area contributed by atoms with Crippen molar-refractivity contribution in [3.63, 3.8) is 0 Å². The molecule has 0 radical (unpaired) electrons. The minimum absolute atomic E-state index is 0.0692. The molecular formula is C10H14N4O2S. The van der Waals surface area contributed by atoms with Gasteiger partial charge in [0, 0.05) is 4.88 Å². The maximum Gasteiger partial charge on any atom is 0.245 e. The van der Waals surface area contributed by atoms with Crippen molar-refractivity contribution in [2.75, 3.05) is 18.4 Å². The number of anilines is 1. The van der Waals surface area contributed by atoms with Crippen molar-refractivity contribution in [2.45, 2.75) is 19.3 Å². The van der Waals surface area contributed by atoms with Crippen molar-refractivity contribution < 1.29 is 9.59 Å². The molecule has 0 spiro atoms. The molecule has 1 aliphatic carbocycles. The standard InChI is InChI=1S/C10H14N4O2S/c11-4-8(15)12-5-9(16)14-10-13-6-2-1-3-7(6)17-10/h1-5,11H2,(H,12,15)(H,13,14,16). The predicted molar refractivity (Wildman–Crippen MR) is 64.8 cm³/mol. The third kappa shape index (κ3) is 3.01. The summed E-state index contributed by atoms with van der Waals surface area (Å²) in [6.07, 6.45) is 3.19. The van der Waals surface area contributed by atoms with Gasteiger partial charge >= 0.3 is 0 Å². The highest BCUT2D eigenvalue weighted by molar-refractivity contribution is 7.15. The highest BCUT2D eigenvalue weighted by Gasteiger charge is 2.17. The fourth-order valence-electron chi connectivity index (χ4n) is 1.66. The SMILES string of the molecule is NCC(=O)NCC(=O)Nc1nc2c(s1)CCC2. The van der Waals surface area contributed by atoms with E-state index in [2.05, 4.69) is 15.6 Å². The number of fused-ring (bicyclic) bond motifs is 1. The van der Waals surface area contributed by atoms with Crippen molar-refractivity contribution in [1.29, 1.82) is 0 Å². The van der Waals surface area contributed by atoms with Crippen molar-refractivity contribution >= 4 is 28.3 Å². The van der Waals surface area contributed by atoms with Crippen LogP contribution in [0.5, 0.6) is 0 Å². The number of nitrogens with one attached hydrogen (secondary N) is 2. The highest BCUT2D eigenvalue weighted by Crippen LogP contribution is 2.30. The monoisotopic (exact) mass is 254 g/mol. The first-order valence-corrected chi connectivity index (χ1v) is 6.26. The lowest BCUT2D eigenvalue weighted by atomic mass is 10.4. The minimum atomic E-state index is -0.346. The van der Waals surface area contributed by atoms with Gasteiger partial charge in [-0.3, -0.25) is 9.59 Å². The lowest BCUT2D eigenvalue weighted by molar-refractivity contribution is -0.123. The lowest BCUT2D eigenvalue weighted by Gasteiger charge is -2.03. The van der Waals surface area contributed by atoms with Gasteiger partial charge in [-0.25, -0.2) is 4.98 Å². The number of hydrogen-bond donors (Lipinski definition) is 3. The molecule has 0 bridgehead atoms. The first kappa shape index (κ1) is 12.0. The third-order valence-electron chi connectivity index (χ3n) is 2.47. The Bertz CT molecular complexity index is 422. The molecule has 7 heteroatoms. The zero-order valence-corrected chi connectivity index (χ0v) is 10.1. The van der Waals surface area contributed by atoms with Gasteiger partial charge in [-0.2, -0.15) is 0 Å². The molecule has 0 aliphatic heterocycles. The summed E-state index contributed by atoms with van der Waals surface area (Å²) in [4.78, 5) is 27.9. The van der Waals surface area contributed by atoms with Gasteiger partial charge in [-0.1, -0.05) is 0 Å². The van der Waals surface area contributed by atoms with E-state index in [4.69, 9.17) is 5.73 Å². The topological polar surface area (TPSA) is 97.1 Å². The van der Waals surface area contributed by atoms with E-state index >= 15 is 0 Å². The number of nitrogens with zero attached hydrogens (tertiary/aromatic N) is 1. The molecular weight excluding hydrogens is 240 g/mol. The van der Waals surface area contributed by atoms with Gasteiger partial charge in [-0.05, 0) is 19.3 Å². The molecule has 0 aromatic carbocycles. The van der Waals surface area contributed by atoms with E-state index in [0.717, 1.165) is 25.0 Å². The van der Waals surface area contributed by atoms with Crippen LogP contribution in [0.1, 0.15) is 17.0 Å². The van der Waals surface area contributed by atoms with Crippen LogP contribution in [-0.2, 0) is 22.4 Å². The molecule has 0 saturated heterocycles. The fourth-order valence-corrected chi connectivity index (χ4v) is 2.72. The van der Waals surface area contributed by atoms with Gasteiger partial charge in [-0.15, -0.1) is 11.3 Å². The second-order valence-corrected chi connectivity index (χ2v) is 4.86. The summed E-state index contributed by atoms with van der Waals surface area (Å²) in [5.74, 6) is -0.624. The Hall–Kier alpha value is -1.47. The number of thiazole rings is 1. The average molecular weight is 254 g/mol. The Morgan fingerprint density at radius 3 is 2.88 bits per heavy atom. The lowest BCUT2D eigenvalue weighted by Crippen LogP contribution is -2.36. The van der Waals surface area contributed by atoms with Crippen molar-refractivity contribution in [1.82, 2.24) is 10.3 Å². The number of rotatable bonds is 4. The molecule has 6 nitrogen and oxygen atoms in total. The van der Waals surface area contributed by atoms with Crippen LogP contribution in [0.25, 0.3) is 0 Å². The molecule has 1 aromatic heterocycles. The Morgan fingerprint density at radius 2 is 2.18 bits per heavy atom. The zero-order chi connectivity index (χ0) is 12.3. The summed E-state index contributed by atoms with van der Waals surface area (Å²) >= 11 is 1.51. The molecule has 4 N–H and O–H groups in total. The number of aryl methyl sites for hydroxylation is 2. The Kier molecular flexibility index (Phi) is 3.70. The summed E-state index contributed by atoms with van der Waals surface area (Å²) in [7, 11) is 0. The van der Waals surface area contributed by atoms with E-state index in [9.17, 15) is 9.59 Å². The summed E-state index contributed by atoms with van der Waals surface area (Å²) < 4.78 is 0. The summed E-state index contributed by atoms with van der Waals surface area (Å²) in [5, 5.41) is 5.68. The van der Waals surface area contributed by atoms with E-state index < -0.39 is 0 Å². The first-order valence-electron chi connectivity index (χ1n) is 5.44. The maximum absolute atomic E-state index is 11.5. The zero-order valence-electron chi connectivity index (χ0n) is 9.28. The normalized spacial score (nSPS) is 13.2. The quantitative estimate of drug-likeness (QED) is 0.684. The van der Waals surface area contributed by atoms with Gasteiger partial charge in [0.05, 0.1) is 18.8 Å². The molecule has 0 fully saturated rings. The summed E-state index contributed by atoms with van der Waals surface area (Å²) in [5.41, 5.74) is 6.20. The van der Waals surface area contributed by atoms with Crippen LogP contribution in [0.4, 0.5) is 5.13 Å². The van der Waals surface area contributed by atoms with Gasteiger partial charge in [0.15, 0.2) is 5.13 Å². The highest BCUT2D eigenvalue weighted by atomic mass is 32.1. The molecule has 1 aromatic rings. The molecule has 0 atom stereocenters. The Labute approximate surface area is 103 Å². The second-order valence-electron chi connectivity index (χ2n) is 3.77. The number of aromatic nitrogens is 1. The largest absolute Gasteiger partial charge is 0.346 e. The van der Waals surface area contributed by atoms with Gasteiger partial charge in [0.1, 0.15) is 0 Å². The fraction of sp³-hybridized carbons (Fsp3) is 0.500. The van der Waals surface area contributed by atoms with E-state index in [-0.39, 0.29) is 24.9 Å². The number of hydrogen-bond acceptors (Lipinski definition) is 5. The van der Waals surface area contributed by atoms with Gasteiger partial charge in [0.25, 0.3) is 0 Å². The molecule has 92 valence electrons. The number of carbonyl (C=O) groups is 2. The van der Waals surface area contributed by atoms with E-state index in [1.165, 1.54) is 16.2 Å². The van der Waals surface area contributed by atoms with Crippen LogP contribution in [0.15, 0.2) is 0 Å².